The lowest BCUT2D eigenvalue weighted by atomic mass is 10.1. The summed E-state index contributed by atoms with van der Waals surface area (Å²) in [5.41, 5.74) is 4.90. The Balaban J connectivity index is 2.47. The average molecular weight is 251 g/mol. The molecular weight excluding hydrogens is 234 g/mol. The molecule has 0 unspecified atom stereocenters. The molecule has 19 heavy (non-hydrogen) atoms. The standard InChI is InChI=1S/C16H17N3/c1-4-13-7-5-6-11(2)15(13)19-16-14(10-17)9-8-12(3)18-16/h5-9H,4H2,1-3H3,(H,18,19). The maximum Gasteiger partial charge on any atom is 0.148 e. The molecule has 2 aromatic rings. The summed E-state index contributed by atoms with van der Waals surface area (Å²) in [5, 5.41) is 12.5. The number of nitriles is 1. The zero-order valence-corrected chi connectivity index (χ0v) is 11.5. The van der Waals surface area contributed by atoms with Crippen molar-refractivity contribution in [2.24, 2.45) is 0 Å². The first kappa shape index (κ1) is 13.1. The molecule has 3 nitrogen and oxygen atoms in total. The summed E-state index contributed by atoms with van der Waals surface area (Å²) >= 11 is 0. The van der Waals surface area contributed by atoms with Crippen LogP contribution in [0.25, 0.3) is 0 Å². The summed E-state index contributed by atoms with van der Waals surface area (Å²) in [5.74, 6) is 0.631. The topological polar surface area (TPSA) is 48.7 Å². The van der Waals surface area contributed by atoms with Crippen LogP contribution >= 0.6 is 0 Å². The fourth-order valence-corrected chi connectivity index (χ4v) is 2.06. The third-order valence-corrected chi connectivity index (χ3v) is 3.14. The van der Waals surface area contributed by atoms with E-state index in [1.54, 1.807) is 6.07 Å². The first-order valence-electron chi connectivity index (χ1n) is 6.39. The largest absolute Gasteiger partial charge is 0.339 e. The quantitative estimate of drug-likeness (QED) is 0.900. The van der Waals surface area contributed by atoms with E-state index in [2.05, 4.69) is 42.4 Å². The lowest BCUT2D eigenvalue weighted by molar-refractivity contribution is 1.12. The zero-order chi connectivity index (χ0) is 13.8. The predicted octanol–water partition coefficient (Wildman–Crippen LogP) is 3.88. The van der Waals surface area contributed by atoms with Gasteiger partial charge in [-0.3, -0.25) is 0 Å². The number of nitrogens with zero attached hydrogens (tertiary/aromatic N) is 2. The number of hydrogen-bond acceptors (Lipinski definition) is 3. The Hall–Kier alpha value is -2.34. The number of para-hydroxylation sites is 1. The van der Waals surface area contributed by atoms with E-state index in [4.69, 9.17) is 5.26 Å². The van der Waals surface area contributed by atoms with Crippen LogP contribution in [0.15, 0.2) is 30.3 Å². The normalized spacial score (nSPS) is 10.0. The van der Waals surface area contributed by atoms with E-state index < -0.39 is 0 Å². The van der Waals surface area contributed by atoms with Crippen molar-refractivity contribution >= 4 is 11.5 Å². The second-order valence-electron chi connectivity index (χ2n) is 4.55. The van der Waals surface area contributed by atoms with Crippen LogP contribution in [0.1, 0.15) is 29.3 Å². The molecule has 0 aliphatic carbocycles. The summed E-state index contributed by atoms with van der Waals surface area (Å²) < 4.78 is 0. The number of aryl methyl sites for hydroxylation is 3. The van der Waals surface area contributed by atoms with E-state index in [0.717, 1.165) is 23.4 Å². The number of nitrogens with one attached hydrogen (secondary N) is 1. The summed E-state index contributed by atoms with van der Waals surface area (Å²) in [7, 11) is 0. The Kier molecular flexibility index (Phi) is 3.82. The van der Waals surface area contributed by atoms with Crippen molar-refractivity contribution in [3.8, 4) is 6.07 Å². The first-order chi connectivity index (χ1) is 9.15. The monoisotopic (exact) mass is 251 g/mol. The van der Waals surface area contributed by atoms with Gasteiger partial charge in [0.15, 0.2) is 0 Å². The smallest absolute Gasteiger partial charge is 0.148 e. The van der Waals surface area contributed by atoms with E-state index in [1.165, 1.54) is 5.56 Å². The van der Waals surface area contributed by atoms with Gasteiger partial charge in [-0.25, -0.2) is 4.98 Å². The van der Waals surface area contributed by atoms with Crippen molar-refractivity contribution in [3.63, 3.8) is 0 Å². The number of anilines is 2. The molecule has 0 radical (unpaired) electrons. The lowest BCUT2D eigenvalue weighted by Gasteiger charge is -2.14. The summed E-state index contributed by atoms with van der Waals surface area (Å²) in [4.78, 5) is 4.42. The highest BCUT2D eigenvalue weighted by molar-refractivity contribution is 5.68. The maximum absolute atomic E-state index is 9.15. The molecule has 0 bridgehead atoms. The summed E-state index contributed by atoms with van der Waals surface area (Å²) in [6, 6.07) is 12.0. The van der Waals surface area contributed by atoms with Crippen molar-refractivity contribution in [2.45, 2.75) is 27.2 Å². The minimum Gasteiger partial charge on any atom is -0.339 e. The highest BCUT2D eigenvalue weighted by atomic mass is 15.0. The molecule has 0 saturated carbocycles. The predicted molar refractivity (Wildman–Crippen MR) is 77.5 cm³/mol. The third kappa shape index (κ3) is 2.74. The Labute approximate surface area is 113 Å². The molecule has 0 atom stereocenters. The molecule has 1 aromatic carbocycles. The van der Waals surface area contributed by atoms with Gasteiger partial charge in [0.2, 0.25) is 0 Å². The zero-order valence-electron chi connectivity index (χ0n) is 11.5. The third-order valence-electron chi connectivity index (χ3n) is 3.14. The molecular formula is C16H17N3. The Morgan fingerprint density at radius 2 is 2.00 bits per heavy atom. The van der Waals surface area contributed by atoms with E-state index in [-0.39, 0.29) is 0 Å². The van der Waals surface area contributed by atoms with Crippen LogP contribution in [0, 0.1) is 25.2 Å². The summed E-state index contributed by atoms with van der Waals surface area (Å²) in [6.07, 6.45) is 0.942. The van der Waals surface area contributed by atoms with Crippen LogP contribution in [0.2, 0.25) is 0 Å². The SMILES string of the molecule is CCc1cccc(C)c1Nc1nc(C)ccc1C#N. The van der Waals surface area contributed by atoms with Crippen LogP contribution in [-0.2, 0) is 6.42 Å². The van der Waals surface area contributed by atoms with Crippen molar-refractivity contribution in [1.29, 1.82) is 5.26 Å². The van der Waals surface area contributed by atoms with Gasteiger partial charge in [-0.1, -0.05) is 25.1 Å². The van der Waals surface area contributed by atoms with Gasteiger partial charge in [0, 0.05) is 11.4 Å². The molecule has 0 aliphatic heterocycles. The highest BCUT2D eigenvalue weighted by Gasteiger charge is 2.09. The van der Waals surface area contributed by atoms with Crippen molar-refractivity contribution in [3.05, 3.63) is 52.7 Å². The van der Waals surface area contributed by atoms with Crippen LogP contribution in [0.5, 0.6) is 0 Å². The first-order valence-corrected chi connectivity index (χ1v) is 6.39. The Morgan fingerprint density at radius 1 is 1.21 bits per heavy atom. The van der Waals surface area contributed by atoms with Crippen LogP contribution < -0.4 is 5.32 Å². The van der Waals surface area contributed by atoms with Gasteiger partial charge in [-0.2, -0.15) is 5.26 Å². The van der Waals surface area contributed by atoms with Gasteiger partial charge in [0.1, 0.15) is 11.9 Å². The highest BCUT2D eigenvalue weighted by Crippen LogP contribution is 2.26. The van der Waals surface area contributed by atoms with Gasteiger partial charge in [-0.05, 0) is 43.5 Å². The van der Waals surface area contributed by atoms with E-state index in [9.17, 15) is 0 Å². The lowest BCUT2D eigenvalue weighted by Crippen LogP contribution is -2.02. The van der Waals surface area contributed by atoms with Gasteiger partial charge < -0.3 is 5.32 Å². The number of pyridine rings is 1. The molecule has 2 rings (SSSR count). The molecule has 0 amide bonds. The van der Waals surface area contributed by atoms with E-state index in [1.807, 2.05) is 19.1 Å². The maximum atomic E-state index is 9.15. The number of rotatable bonds is 3. The average Bonchev–Trinajstić information content (AvgIpc) is 2.41. The van der Waals surface area contributed by atoms with Crippen molar-refractivity contribution < 1.29 is 0 Å². The molecule has 1 N–H and O–H groups in total. The molecule has 0 fully saturated rings. The van der Waals surface area contributed by atoms with Gasteiger partial charge in [0.25, 0.3) is 0 Å². The van der Waals surface area contributed by atoms with Crippen molar-refractivity contribution in [1.82, 2.24) is 4.98 Å². The van der Waals surface area contributed by atoms with Gasteiger partial charge in [-0.15, -0.1) is 0 Å². The fourth-order valence-electron chi connectivity index (χ4n) is 2.06. The molecule has 0 spiro atoms. The summed E-state index contributed by atoms with van der Waals surface area (Å²) in [6.45, 7) is 6.10. The number of benzene rings is 1. The number of hydrogen-bond donors (Lipinski definition) is 1. The van der Waals surface area contributed by atoms with Crippen LogP contribution in [-0.4, -0.2) is 4.98 Å². The number of aromatic nitrogens is 1. The molecule has 1 aromatic heterocycles. The van der Waals surface area contributed by atoms with Gasteiger partial charge >= 0.3 is 0 Å². The molecule has 96 valence electrons. The van der Waals surface area contributed by atoms with Crippen LogP contribution in [0.3, 0.4) is 0 Å². The second-order valence-corrected chi connectivity index (χ2v) is 4.55. The molecule has 3 heteroatoms. The van der Waals surface area contributed by atoms with Crippen molar-refractivity contribution in [2.75, 3.05) is 5.32 Å². The molecule has 0 aliphatic rings. The minimum absolute atomic E-state index is 0.566. The van der Waals surface area contributed by atoms with E-state index >= 15 is 0 Å². The van der Waals surface area contributed by atoms with Gasteiger partial charge in [0.05, 0.1) is 5.56 Å². The minimum atomic E-state index is 0.566. The molecule has 1 heterocycles. The van der Waals surface area contributed by atoms with Crippen LogP contribution in [0.4, 0.5) is 11.5 Å². The second kappa shape index (κ2) is 5.53. The fraction of sp³-hybridized carbons (Fsp3) is 0.250. The Bertz CT molecular complexity index is 639. The van der Waals surface area contributed by atoms with E-state index in [0.29, 0.717) is 11.4 Å². The molecule has 0 saturated heterocycles. The Morgan fingerprint density at radius 3 is 2.68 bits per heavy atom.